The molecule has 1 N–H and O–H groups in total. The minimum Gasteiger partial charge on any atom is -0.454 e. The van der Waals surface area contributed by atoms with Gasteiger partial charge < -0.3 is 14.8 Å². The van der Waals surface area contributed by atoms with Crippen molar-refractivity contribution in [3.05, 3.63) is 50.6 Å². The van der Waals surface area contributed by atoms with Gasteiger partial charge in [0, 0.05) is 28.8 Å². The summed E-state index contributed by atoms with van der Waals surface area (Å²) in [4.78, 5) is 14.6. The Kier molecular flexibility index (Phi) is 3.61. The van der Waals surface area contributed by atoms with Crippen LogP contribution in [0, 0.1) is 10.1 Å². The Bertz CT molecular complexity index is 708. The Hall–Kier alpha value is -2.35. The zero-order valence-corrected chi connectivity index (χ0v) is 12.3. The first-order chi connectivity index (χ1) is 10.1. The van der Waals surface area contributed by atoms with Crippen LogP contribution in [0.25, 0.3) is 0 Å². The molecule has 0 spiro atoms. The van der Waals surface area contributed by atoms with E-state index >= 15 is 0 Å². The molecule has 2 aromatic rings. The van der Waals surface area contributed by atoms with Gasteiger partial charge in [0.1, 0.15) is 0 Å². The van der Waals surface area contributed by atoms with E-state index in [9.17, 15) is 10.1 Å². The monoisotopic (exact) mass is 351 g/mol. The molecule has 1 aliphatic heterocycles. The van der Waals surface area contributed by atoms with Crippen LogP contribution in [-0.2, 0) is 6.54 Å². The highest BCUT2D eigenvalue weighted by atomic mass is 79.9. The van der Waals surface area contributed by atoms with Gasteiger partial charge in [0.05, 0.1) is 4.92 Å². The lowest BCUT2D eigenvalue weighted by molar-refractivity contribution is -0.384. The van der Waals surface area contributed by atoms with Crippen LogP contribution in [-0.4, -0.2) is 16.7 Å². The maximum atomic E-state index is 11.0. The zero-order valence-electron chi connectivity index (χ0n) is 10.7. The predicted octanol–water partition coefficient (Wildman–Crippen LogP) is 3.09. The van der Waals surface area contributed by atoms with E-state index in [0.717, 1.165) is 5.56 Å². The van der Waals surface area contributed by atoms with Gasteiger partial charge in [-0.2, -0.15) is 0 Å². The number of rotatable bonds is 4. The van der Waals surface area contributed by atoms with E-state index in [2.05, 4.69) is 26.2 Å². The number of anilines is 1. The number of benzene rings is 1. The number of nitro groups is 1. The van der Waals surface area contributed by atoms with Crippen LogP contribution in [0.5, 0.6) is 11.5 Å². The number of nitrogens with zero attached hydrogens (tertiary/aromatic N) is 2. The predicted molar refractivity (Wildman–Crippen MR) is 78.5 cm³/mol. The minimum absolute atomic E-state index is 0.0888. The number of hydrogen-bond acceptors (Lipinski definition) is 6. The van der Waals surface area contributed by atoms with Crippen molar-refractivity contribution in [3.63, 3.8) is 0 Å². The highest BCUT2D eigenvalue weighted by Gasteiger charge is 2.19. The Balaban J connectivity index is 1.83. The molecule has 0 fully saturated rings. The molecule has 108 valence electrons. The van der Waals surface area contributed by atoms with Crippen LogP contribution in [0.15, 0.2) is 34.9 Å². The van der Waals surface area contributed by atoms with Gasteiger partial charge in [-0.25, -0.2) is 4.98 Å². The zero-order chi connectivity index (χ0) is 14.8. The van der Waals surface area contributed by atoms with E-state index in [1.54, 1.807) is 0 Å². The molecule has 3 rings (SSSR count). The second kappa shape index (κ2) is 5.57. The summed E-state index contributed by atoms with van der Waals surface area (Å²) in [6.07, 6.45) is 1.50. The molecule has 21 heavy (non-hydrogen) atoms. The number of pyridine rings is 1. The van der Waals surface area contributed by atoms with Crippen LogP contribution in [0.2, 0.25) is 0 Å². The fourth-order valence-electron chi connectivity index (χ4n) is 2.01. The van der Waals surface area contributed by atoms with Crippen molar-refractivity contribution < 1.29 is 14.4 Å². The van der Waals surface area contributed by atoms with E-state index in [-0.39, 0.29) is 18.3 Å². The van der Waals surface area contributed by atoms with Gasteiger partial charge in [-0.05, 0) is 22.0 Å². The van der Waals surface area contributed by atoms with Gasteiger partial charge in [0.15, 0.2) is 11.5 Å². The smallest absolute Gasteiger partial charge is 0.312 e. The van der Waals surface area contributed by atoms with Crippen LogP contribution in [0.3, 0.4) is 0 Å². The number of halogens is 1. The van der Waals surface area contributed by atoms with Crippen molar-refractivity contribution in [2.24, 2.45) is 0 Å². The number of nitrogens with one attached hydrogen (secondary N) is 1. The Morgan fingerprint density at radius 2 is 2.29 bits per heavy atom. The van der Waals surface area contributed by atoms with Crippen molar-refractivity contribution in [1.29, 1.82) is 0 Å². The molecular weight excluding hydrogens is 342 g/mol. The first-order valence-electron chi connectivity index (χ1n) is 6.06. The van der Waals surface area contributed by atoms with E-state index in [0.29, 0.717) is 22.5 Å². The van der Waals surface area contributed by atoms with Gasteiger partial charge >= 0.3 is 5.69 Å². The summed E-state index contributed by atoms with van der Waals surface area (Å²) in [5, 5.41) is 14.0. The van der Waals surface area contributed by atoms with E-state index < -0.39 is 4.92 Å². The van der Waals surface area contributed by atoms with Gasteiger partial charge in [-0.1, -0.05) is 12.1 Å². The topological polar surface area (TPSA) is 86.5 Å². The molecule has 2 heterocycles. The van der Waals surface area contributed by atoms with Gasteiger partial charge in [-0.15, -0.1) is 0 Å². The molecular formula is C13H10BrN3O4. The molecule has 0 bridgehead atoms. The molecule has 0 aliphatic carbocycles. The normalized spacial score (nSPS) is 12.2. The molecule has 1 aliphatic rings. The van der Waals surface area contributed by atoms with E-state index in [1.807, 2.05) is 18.2 Å². The molecule has 0 atom stereocenters. The van der Waals surface area contributed by atoms with Crippen LogP contribution >= 0.6 is 15.9 Å². The average molecular weight is 352 g/mol. The summed E-state index contributed by atoms with van der Waals surface area (Å²) in [6.45, 7) is 0.533. The van der Waals surface area contributed by atoms with E-state index in [1.165, 1.54) is 12.3 Å². The highest BCUT2D eigenvalue weighted by molar-refractivity contribution is 9.10. The maximum absolute atomic E-state index is 11.0. The molecule has 1 aromatic carbocycles. The Labute approximate surface area is 128 Å². The summed E-state index contributed by atoms with van der Waals surface area (Å²) in [7, 11) is 0. The van der Waals surface area contributed by atoms with Crippen LogP contribution < -0.4 is 14.8 Å². The van der Waals surface area contributed by atoms with Crippen molar-refractivity contribution in [2.45, 2.75) is 6.54 Å². The molecule has 0 unspecified atom stereocenters. The Morgan fingerprint density at radius 1 is 1.43 bits per heavy atom. The quantitative estimate of drug-likeness (QED) is 0.672. The molecule has 0 saturated heterocycles. The van der Waals surface area contributed by atoms with Crippen molar-refractivity contribution in [1.82, 2.24) is 4.98 Å². The molecule has 0 radical (unpaired) electrons. The van der Waals surface area contributed by atoms with E-state index in [4.69, 9.17) is 9.47 Å². The van der Waals surface area contributed by atoms with Crippen LogP contribution in [0.4, 0.5) is 11.5 Å². The number of aromatic nitrogens is 1. The minimum atomic E-state index is -0.477. The lowest BCUT2D eigenvalue weighted by Crippen LogP contribution is -2.05. The van der Waals surface area contributed by atoms with Crippen molar-refractivity contribution in [3.8, 4) is 11.5 Å². The van der Waals surface area contributed by atoms with Crippen molar-refractivity contribution >= 4 is 27.4 Å². The first kappa shape index (κ1) is 13.6. The average Bonchev–Trinajstić information content (AvgIpc) is 2.94. The third-order valence-corrected chi connectivity index (χ3v) is 3.39. The second-order valence-electron chi connectivity index (χ2n) is 4.28. The van der Waals surface area contributed by atoms with Gasteiger partial charge in [0.25, 0.3) is 0 Å². The molecule has 8 heteroatoms. The van der Waals surface area contributed by atoms with Crippen LogP contribution in [0.1, 0.15) is 5.56 Å². The third-order valence-electron chi connectivity index (χ3n) is 2.96. The maximum Gasteiger partial charge on any atom is 0.312 e. The third kappa shape index (κ3) is 2.75. The number of ether oxygens (including phenoxy) is 2. The number of hydrogen-bond donors (Lipinski definition) is 1. The molecule has 7 nitrogen and oxygen atoms in total. The summed E-state index contributed by atoms with van der Waals surface area (Å²) < 4.78 is 11.2. The number of fused-ring (bicyclic) bond motifs is 1. The van der Waals surface area contributed by atoms with Gasteiger partial charge in [0.2, 0.25) is 12.6 Å². The summed E-state index contributed by atoms with van der Waals surface area (Å²) in [5.74, 6) is 1.54. The lowest BCUT2D eigenvalue weighted by atomic mass is 10.2. The first-order valence-corrected chi connectivity index (χ1v) is 6.86. The fraction of sp³-hybridized carbons (Fsp3) is 0.154. The summed E-state index contributed by atoms with van der Waals surface area (Å²) >= 11 is 3.17. The standard InChI is InChI=1S/C13H10BrN3O4/c14-9-4-10(17(18)19)13(16-6-9)15-5-8-2-1-3-11-12(8)21-7-20-11/h1-4,6H,5,7H2,(H,15,16). The fourth-order valence-corrected chi connectivity index (χ4v) is 2.33. The highest BCUT2D eigenvalue weighted by Crippen LogP contribution is 2.36. The summed E-state index contributed by atoms with van der Waals surface area (Å²) in [6, 6.07) is 6.93. The molecule has 0 amide bonds. The molecule has 0 saturated carbocycles. The summed E-state index contributed by atoms with van der Waals surface area (Å²) in [5.41, 5.74) is 0.762. The Morgan fingerprint density at radius 3 is 3.10 bits per heavy atom. The van der Waals surface area contributed by atoms with Gasteiger partial charge in [-0.3, -0.25) is 10.1 Å². The number of para-hydroxylation sites is 1. The molecule has 1 aromatic heterocycles. The largest absolute Gasteiger partial charge is 0.454 e. The second-order valence-corrected chi connectivity index (χ2v) is 5.20. The lowest BCUT2D eigenvalue weighted by Gasteiger charge is -2.08. The van der Waals surface area contributed by atoms with Crippen molar-refractivity contribution in [2.75, 3.05) is 12.1 Å². The SMILES string of the molecule is O=[N+]([O-])c1cc(Br)cnc1NCc1cccc2c1OCO2.